The molecule has 98 valence electrons. The molecule has 3 aromatic rings. The molecule has 0 aliphatic rings. The molecular weight excluding hydrogens is 260 g/mol. The summed E-state index contributed by atoms with van der Waals surface area (Å²) < 4.78 is 0. The van der Waals surface area contributed by atoms with Crippen molar-refractivity contribution in [3.63, 3.8) is 0 Å². The van der Waals surface area contributed by atoms with Crippen molar-refractivity contribution in [2.45, 2.75) is 6.92 Å². The first-order valence-electron chi connectivity index (χ1n) is 5.98. The quantitative estimate of drug-likeness (QED) is 0.653. The van der Waals surface area contributed by atoms with Crippen molar-refractivity contribution in [2.24, 2.45) is 0 Å². The van der Waals surface area contributed by atoms with E-state index in [1.165, 1.54) is 17.7 Å². The maximum absolute atomic E-state index is 8.81. The summed E-state index contributed by atoms with van der Waals surface area (Å²) in [6.45, 7) is 1.44. The maximum atomic E-state index is 8.81. The van der Waals surface area contributed by atoms with Gasteiger partial charge in [0.1, 0.15) is 6.29 Å². The molecule has 0 fully saturated rings. The van der Waals surface area contributed by atoms with E-state index in [9.17, 15) is 0 Å². The molecule has 0 bridgehead atoms. The Bertz CT molecular complexity index is 719. The van der Waals surface area contributed by atoms with Crippen LogP contribution in [-0.2, 0) is 4.79 Å². The number of anilines is 1. The minimum atomic E-state index is 0.750. The van der Waals surface area contributed by atoms with Crippen LogP contribution in [0.5, 0.6) is 0 Å². The van der Waals surface area contributed by atoms with Crippen molar-refractivity contribution in [1.29, 1.82) is 0 Å². The molecule has 4 heteroatoms. The molecule has 1 aromatic heterocycles. The van der Waals surface area contributed by atoms with E-state index in [1.54, 1.807) is 0 Å². The second-order valence-corrected chi connectivity index (χ2v) is 4.50. The van der Waals surface area contributed by atoms with Crippen LogP contribution in [0.3, 0.4) is 0 Å². The molecule has 0 amide bonds. The van der Waals surface area contributed by atoms with Crippen LogP contribution in [0.25, 0.3) is 21.8 Å². The lowest BCUT2D eigenvalue weighted by molar-refractivity contribution is -0.106. The van der Waals surface area contributed by atoms with Crippen molar-refractivity contribution >= 4 is 45.4 Å². The molecule has 0 saturated carbocycles. The van der Waals surface area contributed by atoms with Crippen LogP contribution in [0, 0.1) is 0 Å². The molecule has 2 N–H and O–H groups in total. The van der Waals surface area contributed by atoms with Crippen LogP contribution in [0.15, 0.2) is 36.4 Å². The van der Waals surface area contributed by atoms with E-state index in [2.05, 4.69) is 28.5 Å². The Hall–Kier alpha value is -2.00. The van der Waals surface area contributed by atoms with Gasteiger partial charge in [-0.1, -0.05) is 17.7 Å². The van der Waals surface area contributed by atoms with Crippen molar-refractivity contribution in [1.82, 2.24) is 4.98 Å². The first kappa shape index (κ1) is 13.4. The van der Waals surface area contributed by atoms with E-state index < -0.39 is 0 Å². The SMILES string of the molecule is CC=O.CNc1ccc2c(c1)[nH]c1ccc(Cl)cc12. The van der Waals surface area contributed by atoms with E-state index in [1.807, 2.05) is 25.2 Å². The van der Waals surface area contributed by atoms with Gasteiger partial charge in [0.05, 0.1) is 0 Å². The number of carbonyl (C=O) groups is 1. The average Bonchev–Trinajstić information content (AvgIpc) is 2.76. The Morgan fingerprint density at radius 3 is 2.53 bits per heavy atom. The van der Waals surface area contributed by atoms with Crippen LogP contribution in [0.4, 0.5) is 5.69 Å². The minimum absolute atomic E-state index is 0.750. The van der Waals surface area contributed by atoms with Crippen LogP contribution in [0.2, 0.25) is 5.02 Å². The van der Waals surface area contributed by atoms with Gasteiger partial charge in [-0.3, -0.25) is 0 Å². The number of halogens is 1. The second-order valence-electron chi connectivity index (χ2n) is 4.06. The standard InChI is InChI=1S/C13H11ClN2.C2H4O/c1-15-9-3-4-10-11-6-8(14)2-5-12(11)16-13(10)7-9;1-2-3/h2-7,15-16H,1H3;2H,1H3. The third-order valence-electron chi connectivity index (χ3n) is 2.85. The summed E-state index contributed by atoms with van der Waals surface area (Å²) in [5, 5.41) is 6.27. The zero-order valence-corrected chi connectivity index (χ0v) is 11.6. The van der Waals surface area contributed by atoms with Gasteiger partial charge in [0.15, 0.2) is 0 Å². The molecule has 0 saturated heterocycles. The molecule has 0 unspecified atom stereocenters. The van der Waals surface area contributed by atoms with Crippen molar-refractivity contribution < 1.29 is 4.79 Å². The van der Waals surface area contributed by atoms with E-state index >= 15 is 0 Å². The predicted molar refractivity (Wildman–Crippen MR) is 82.1 cm³/mol. The number of rotatable bonds is 1. The zero-order valence-electron chi connectivity index (χ0n) is 10.8. The first-order chi connectivity index (χ1) is 9.19. The predicted octanol–water partition coefficient (Wildman–Crippen LogP) is 4.22. The highest BCUT2D eigenvalue weighted by Crippen LogP contribution is 2.29. The number of H-pyrrole nitrogens is 1. The van der Waals surface area contributed by atoms with Crippen molar-refractivity contribution in [3.8, 4) is 0 Å². The molecule has 0 radical (unpaired) electrons. The summed E-state index contributed by atoms with van der Waals surface area (Å²) in [7, 11) is 1.92. The van der Waals surface area contributed by atoms with Crippen LogP contribution >= 0.6 is 11.6 Å². The molecule has 3 nitrogen and oxygen atoms in total. The third kappa shape index (κ3) is 2.71. The summed E-state index contributed by atoms with van der Waals surface area (Å²) in [6, 6.07) is 12.2. The summed E-state index contributed by atoms with van der Waals surface area (Å²) in [6.07, 6.45) is 0.750. The zero-order chi connectivity index (χ0) is 13.8. The number of hydrogen-bond donors (Lipinski definition) is 2. The summed E-state index contributed by atoms with van der Waals surface area (Å²) in [5.41, 5.74) is 3.35. The molecule has 0 aliphatic heterocycles. The Kier molecular flexibility index (Phi) is 4.07. The highest BCUT2D eigenvalue weighted by atomic mass is 35.5. The highest BCUT2D eigenvalue weighted by Gasteiger charge is 2.04. The molecular formula is C15H15ClN2O. The van der Waals surface area contributed by atoms with Crippen LogP contribution in [-0.4, -0.2) is 18.3 Å². The topological polar surface area (TPSA) is 44.9 Å². The molecule has 3 rings (SSSR count). The van der Waals surface area contributed by atoms with Gasteiger partial charge in [0.25, 0.3) is 0 Å². The van der Waals surface area contributed by atoms with Gasteiger partial charge < -0.3 is 15.1 Å². The Morgan fingerprint density at radius 2 is 1.84 bits per heavy atom. The van der Waals surface area contributed by atoms with Gasteiger partial charge in [0.2, 0.25) is 0 Å². The fraction of sp³-hybridized carbons (Fsp3) is 0.133. The Balaban J connectivity index is 0.000000408. The second kappa shape index (κ2) is 5.76. The van der Waals surface area contributed by atoms with Gasteiger partial charge in [-0.2, -0.15) is 0 Å². The van der Waals surface area contributed by atoms with Crippen LogP contribution < -0.4 is 5.32 Å². The monoisotopic (exact) mass is 274 g/mol. The molecule has 1 heterocycles. The molecule has 19 heavy (non-hydrogen) atoms. The lowest BCUT2D eigenvalue weighted by Gasteiger charge is -1.98. The lowest BCUT2D eigenvalue weighted by atomic mass is 10.1. The van der Waals surface area contributed by atoms with Gasteiger partial charge in [-0.05, 0) is 37.3 Å². The summed E-state index contributed by atoms with van der Waals surface area (Å²) in [4.78, 5) is 12.2. The lowest BCUT2D eigenvalue weighted by Crippen LogP contribution is -1.85. The Morgan fingerprint density at radius 1 is 1.11 bits per heavy atom. The normalized spacial score (nSPS) is 10.1. The number of nitrogens with one attached hydrogen (secondary N) is 2. The fourth-order valence-electron chi connectivity index (χ4n) is 2.03. The minimum Gasteiger partial charge on any atom is -0.388 e. The van der Waals surface area contributed by atoms with Gasteiger partial charge in [0, 0.05) is 39.6 Å². The van der Waals surface area contributed by atoms with E-state index in [4.69, 9.17) is 16.4 Å². The highest BCUT2D eigenvalue weighted by molar-refractivity contribution is 6.31. The molecule has 0 aliphatic carbocycles. The summed E-state index contributed by atoms with van der Waals surface area (Å²) in [5.74, 6) is 0. The molecule has 0 atom stereocenters. The van der Waals surface area contributed by atoms with Crippen molar-refractivity contribution in [3.05, 3.63) is 41.4 Å². The molecule has 2 aromatic carbocycles. The number of benzene rings is 2. The molecule has 0 spiro atoms. The number of aldehydes is 1. The number of carbonyl (C=O) groups excluding carboxylic acids is 1. The van der Waals surface area contributed by atoms with E-state index in [0.717, 1.165) is 28.0 Å². The van der Waals surface area contributed by atoms with Crippen molar-refractivity contribution in [2.75, 3.05) is 12.4 Å². The maximum Gasteiger partial charge on any atom is 0.116 e. The van der Waals surface area contributed by atoms with E-state index in [-0.39, 0.29) is 0 Å². The van der Waals surface area contributed by atoms with Gasteiger partial charge >= 0.3 is 0 Å². The van der Waals surface area contributed by atoms with Gasteiger partial charge in [-0.15, -0.1) is 0 Å². The smallest absolute Gasteiger partial charge is 0.116 e. The number of fused-ring (bicyclic) bond motifs is 3. The summed E-state index contributed by atoms with van der Waals surface area (Å²) >= 11 is 6.01. The largest absolute Gasteiger partial charge is 0.388 e. The average molecular weight is 275 g/mol. The number of aromatic nitrogens is 1. The third-order valence-corrected chi connectivity index (χ3v) is 3.08. The number of hydrogen-bond acceptors (Lipinski definition) is 2. The fourth-order valence-corrected chi connectivity index (χ4v) is 2.20. The van der Waals surface area contributed by atoms with Gasteiger partial charge in [-0.25, -0.2) is 0 Å². The number of aromatic amines is 1. The van der Waals surface area contributed by atoms with Crippen LogP contribution in [0.1, 0.15) is 6.92 Å². The van der Waals surface area contributed by atoms with E-state index in [0.29, 0.717) is 0 Å². The first-order valence-corrected chi connectivity index (χ1v) is 6.36. The Labute approximate surface area is 116 Å².